The minimum absolute atomic E-state index is 0.104. The van der Waals surface area contributed by atoms with E-state index in [0.717, 1.165) is 0 Å². The normalized spacial score (nSPS) is 9.64. The first-order valence-electron chi connectivity index (χ1n) is 7.11. The third-order valence-corrected chi connectivity index (χ3v) is 3.31. The molecular weight excluding hydrogens is 324 g/mol. The number of benzene rings is 2. The van der Waals surface area contributed by atoms with E-state index in [1.54, 1.807) is 12.1 Å². The molecule has 0 unspecified atom stereocenters. The molecule has 7 nitrogen and oxygen atoms in total. The summed E-state index contributed by atoms with van der Waals surface area (Å²) in [5, 5.41) is 11.7. The molecular formula is C18H14N2O5. The number of carbonyl (C=O) groups excluding carboxylic acids is 3. The lowest BCUT2D eigenvalue weighted by Gasteiger charge is -2.08. The number of ether oxygens (including phenoxy) is 2. The third-order valence-electron chi connectivity index (χ3n) is 3.31. The quantitative estimate of drug-likeness (QED) is 0.858. The van der Waals surface area contributed by atoms with E-state index in [-0.39, 0.29) is 16.7 Å². The Morgan fingerprint density at radius 1 is 0.880 bits per heavy atom. The Hall–Kier alpha value is -3.66. The zero-order chi connectivity index (χ0) is 18.4. The molecule has 0 aliphatic rings. The number of carbonyl (C=O) groups is 3. The second-order valence-electron chi connectivity index (χ2n) is 4.93. The van der Waals surface area contributed by atoms with Gasteiger partial charge in [0.1, 0.15) is 0 Å². The zero-order valence-electron chi connectivity index (χ0n) is 13.5. The van der Waals surface area contributed by atoms with E-state index in [4.69, 9.17) is 5.26 Å². The van der Waals surface area contributed by atoms with Crippen molar-refractivity contribution in [3.8, 4) is 6.07 Å². The van der Waals surface area contributed by atoms with E-state index in [2.05, 4.69) is 14.8 Å². The van der Waals surface area contributed by atoms with Gasteiger partial charge in [-0.3, -0.25) is 4.79 Å². The van der Waals surface area contributed by atoms with Crippen molar-refractivity contribution < 1.29 is 23.9 Å². The number of nitrogens with zero attached hydrogens (tertiary/aromatic N) is 1. The Morgan fingerprint density at radius 2 is 1.44 bits per heavy atom. The Balaban J connectivity index is 2.24. The summed E-state index contributed by atoms with van der Waals surface area (Å²) in [4.78, 5) is 35.4. The van der Waals surface area contributed by atoms with Crippen molar-refractivity contribution in [3.05, 3.63) is 64.7 Å². The summed E-state index contributed by atoms with van der Waals surface area (Å²) in [6.45, 7) is 0. The second-order valence-corrected chi connectivity index (χ2v) is 4.93. The van der Waals surface area contributed by atoms with Crippen LogP contribution in [0.1, 0.15) is 36.6 Å². The van der Waals surface area contributed by atoms with Gasteiger partial charge in [0, 0.05) is 11.3 Å². The lowest BCUT2D eigenvalue weighted by Crippen LogP contribution is -2.14. The van der Waals surface area contributed by atoms with Gasteiger partial charge in [0.25, 0.3) is 5.91 Å². The van der Waals surface area contributed by atoms with Crippen molar-refractivity contribution >= 4 is 23.5 Å². The predicted octanol–water partition coefficient (Wildman–Crippen LogP) is 2.38. The summed E-state index contributed by atoms with van der Waals surface area (Å²) < 4.78 is 9.21. The lowest BCUT2D eigenvalue weighted by atomic mass is 10.1. The number of amides is 1. The zero-order valence-corrected chi connectivity index (χ0v) is 13.5. The van der Waals surface area contributed by atoms with E-state index < -0.39 is 17.8 Å². The number of nitriles is 1. The van der Waals surface area contributed by atoms with Crippen LogP contribution in [0, 0.1) is 11.3 Å². The van der Waals surface area contributed by atoms with Crippen molar-refractivity contribution in [2.75, 3.05) is 19.5 Å². The topological polar surface area (TPSA) is 105 Å². The first kappa shape index (κ1) is 17.7. The van der Waals surface area contributed by atoms with Crippen LogP contribution in [-0.4, -0.2) is 32.1 Å². The lowest BCUT2D eigenvalue weighted by molar-refractivity contribution is 0.0592. The van der Waals surface area contributed by atoms with Gasteiger partial charge in [-0.15, -0.1) is 0 Å². The largest absolute Gasteiger partial charge is 0.465 e. The molecule has 1 amide bonds. The molecule has 0 radical (unpaired) electrons. The highest BCUT2D eigenvalue weighted by atomic mass is 16.5. The van der Waals surface area contributed by atoms with Gasteiger partial charge < -0.3 is 14.8 Å². The highest BCUT2D eigenvalue weighted by Gasteiger charge is 2.14. The van der Waals surface area contributed by atoms with Gasteiger partial charge in [0.05, 0.1) is 37.0 Å². The van der Waals surface area contributed by atoms with Gasteiger partial charge in [-0.25, -0.2) is 9.59 Å². The molecule has 2 aromatic carbocycles. The maximum Gasteiger partial charge on any atom is 0.337 e. The molecule has 25 heavy (non-hydrogen) atoms. The molecule has 2 rings (SSSR count). The molecule has 0 aromatic heterocycles. The summed E-state index contributed by atoms with van der Waals surface area (Å²) in [6, 6.07) is 12.0. The first-order chi connectivity index (χ1) is 12.0. The van der Waals surface area contributed by atoms with E-state index in [1.807, 2.05) is 6.07 Å². The molecule has 0 heterocycles. The van der Waals surface area contributed by atoms with Gasteiger partial charge in [-0.2, -0.15) is 5.26 Å². The van der Waals surface area contributed by atoms with Crippen molar-refractivity contribution in [1.82, 2.24) is 0 Å². The van der Waals surface area contributed by atoms with E-state index in [1.165, 1.54) is 44.6 Å². The molecule has 0 atom stereocenters. The molecule has 7 heteroatoms. The number of nitrogens with one attached hydrogen (secondary N) is 1. The fraction of sp³-hybridized carbons (Fsp3) is 0.111. The van der Waals surface area contributed by atoms with E-state index in [9.17, 15) is 14.4 Å². The third kappa shape index (κ3) is 4.20. The van der Waals surface area contributed by atoms with Crippen molar-refractivity contribution in [2.24, 2.45) is 0 Å². The highest BCUT2D eigenvalue weighted by Crippen LogP contribution is 2.15. The van der Waals surface area contributed by atoms with Gasteiger partial charge in [-0.05, 0) is 42.5 Å². The fourth-order valence-electron chi connectivity index (χ4n) is 2.07. The molecule has 0 aliphatic carbocycles. The standard InChI is InChI=1S/C18H14N2O5/c1-24-17(22)12-3-5-15(6-4-12)20-16(21)13-7-11(10-19)8-14(9-13)18(23)25-2/h3-9H,1-2H3,(H,20,21). The summed E-state index contributed by atoms with van der Waals surface area (Å²) in [6.07, 6.45) is 0. The number of rotatable bonds is 4. The highest BCUT2D eigenvalue weighted by molar-refractivity contribution is 6.06. The Labute approximate surface area is 143 Å². The summed E-state index contributed by atoms with van der Waals surface area (Å²) in [5.74, 6) is -1.64. The Bertz CT molecular complexity index is 866. The molecule has 0 fully saturated rings. The molecule has 0 aliphatic heterocycles. The van der Waals surface area contributed by atoms with Crippen LogP contribution < -0.4 is 5.32 Å². The van der Waals surface area contributed by atoms with Gasteiger partial charge in [0.15, 0.2) is 0 Å². The second kappa shape index (κ2) is 7.75. The van der Waals surface area contributed by atoms with E-state index >= 15 is 0 Å². The van der Waals surface area contributed by atoms with Gasteiger partial charge in [-0.1, -0.05) is 0 Å². The Morgan fingerprint density at radius 3 is 2.00 bits per heavy atom. The SMILES string of the molecule is COC(=O)c1ccc(NC(=O)c2cc(C#N)cc(C(=O)OC)c2)cc1. The van der Waals surface area contributed by atoms with Crippen molar-refractivity contribution in [2.45, 2.75) is 0 Å². The monoisotopic (exact) mass is 338 g/mol. The van der Waals surface area contributed by atoms with E-state index in [0.29, 0.717) is 11.3 Å². The minimum atomic E-state index is -0.645. The molecule has 126 valence electrons. The fourth-order valence-corrected chi connectivity index (χ4v) is 2.07. The average Bonchev–Trinajstić information content (AvgIpc) is 2.66. The number of esters is 2. The molecule has 2 aromatic rings. The van der Waals surface area contributed by atoms with Gasteiger partial charge >= 0.3 is 11.9 Å². The van der Waals surface area contributed by atoms with Crippen LogP contribution in [0.5, 0.6) is 0 Å². The molecule has 0 spiro atoms. The van der Waals surface area contributed by atoms with Crippen LogP contribution in [-0.2, 0) is 9.47 Å². The maximum atomic E-state index is 12.4. The summed E-state index contributed by atoms with van der Waals surface area (Å²) >= 11 is 0. The van der Waals surface area contributed by atoms with Crippen molar-refractivity contribution in [3.63, 3.8) is 0 Å². The van der Waals surface area contributed by atoms with Crippen LogP contribution in [0.4, 0.5) is 5.69 Å². The summed E-state index contributed by atoms with van der Waals surface area (Å²) in [7, 11) is 2.49. The number of hydrogen-bond acceptors (Lipinski definition) is 6. The van der Waals surface area contributed by atoms with Crippen LogP contribution in [0.25, 0.3) is 0 Å². The molecule has 0 bridgehead atoms. The van der Waals surface area contributed by atoms with Crippen LogP contribution in [0.3, 0.4) is 0 Å². The summed E-state index contributed by atoms with van der Waals surface area (Å²) in [5.41, 5.74) is 1.19. The smallest absolute Gasteiger partial charge is 0.337 e. The molecule has 0 saturated carbocycles. The van der Waals surface area contributed by atoms with Gasteiger partial charge in [0.2, 0.25) is 0 Å². The Kier molecular flexibility index (Phi) is 5.48. The predicted molar refractivity (Wildman–Crippen MR) is 88.2 cm³/mol. The maximum absolute atomic E-state index is 12.4. The number of hydrogen-bond donors (Lipinski definition) is 1. The van der Waals surface area contributed by atoms with Crippen LogP contribution >= 0.6 is 0 Å². The average molecular weight is 338 g/mol. The minimum Gasteiger partial charge on any atom is -0.465 e. The van der Waals surface area contributed by atoms with Crippen molar-refractivity contribution in [1.29, 1.82) is 5.26 Å². The molecule has 1 N–H and O–H groups in total. The molecule has 0 saturated heterocycles. The number of methoxy groups -OCH3 is 2. The van der Waals surface area contributed by atoms with Crippen LogP contribution in [0.15, 0.2) is 42.5 Å². The van der Waals surface area contributed by atoms with Crippen LogP contribution in [0.2, 0.25) is 0 Å². The first-order valence-corrected chi connectivity index (χ1v) is 7.11. The number of anilines is 1.